The molecule has 1 N–H and O–H groups in total. The Morgan fingerprint density at radius 1 is 1.19 bits per heavy atom. The zero-order valence-electron chi connectivity index (χ0n) is 15.5. The van der Waals surface area contributed by atoms with Gasteiger partial charge in [0.15, 0.2) is 11.5 Å². The molecule has 0 bridgehead atoms. The normalized spacial score (nSPS) is 15.0. The molecule has 0 aromatic heterocycles. The highest BCUT2D eigenvalue weighted by atomic mass is 35.5. The molecule has 27 heavy (non-hydrogen) atoms. The van der Waals surface area contributed by atoms with Gasteiger partial charge in [0.2, 0.25) is 5.91 Å². The molecule has 0 fully saturated rings. The molecule has 0 radical (unpaired) electrons. The van der Waals surface area contributed by atoms with E-state index in [0.29, 0.717) is 23.7 Å². The van der Waals surface area contributed by atoms with Crippen molar-refractivity contribution < 1.29 is 18.7 Å². The fourth-order valence-corrected chi connectivity index (χ4v) is 3.44. The van der Waals surface area contributed by atoms with E-state index in [1.165, 1.54) is 23.8 Å². The van der Waals surface area contributed by atoms with Crippen LogP contribution in [0.1, 0.15) is 18.1 Å². The monoisotopic (exact) mass is 392 g/mol. The van der Waals surface area contributed by atoms with Crippen LogP contribution in [0.15, 0.2) is 30.3 Å². The highest BCUT2D eigenvalue weighted by Gasteiger charge is 2.27. The minimum atomic E-state index is -0.442. The van der Waals surface area contributed by atoms with Crippen molar-refractivity contribution in [2.75, 3.05) is 26.1 Å². The minimum absolute atomic E-state index is 0.177. The second-order valence-corrected chi connectivity index (χ2v) is 6.89. The summed E-state index contributed by atoms with van der Waals surface area (Å²) in [5.74, 6) is 0.755. The maximum atomic E-state index is 13.2. The molecule has 2 aromatic rings. The van der Waals surface area contributed by atoms with Crippen LogP contribution < -0.4 is 14.8 Å². The van der Waals surface area contributed by atoms with Crippen molar-refractivity contribution in [2.24, 2.45) is 0 Å². The number of halogens is 2. The Morgan fingerprint density at radius 3 is 2.48 bits per heavy atom. The summed E-state index contributed by atoms with van der Waals surface area (Å²) in [6, 6.07) is 7.50. The van der Waals surface area contributed by atoms with E-state index in [1.54, 1.807) is 14.2 Å². The van der Waals surface area contributed by atoms with Crippen LogP contribution in [0.3, 0.4) is 0 Å². The molecule has 1 amide bonds. The average Bonchev–Trinajstić information content (AvgIpc) is 2.67. The van der Waals surface area contributed by atoms with Gasteiger partial charge in [-0.25, -0.2) is 4.39 Å². The molecule has 1 atom stereocenters. The van der Waals surface area contributed by atoms with Gasteiger partial charge in [0, 0.05) is 13.1 Å². The van der Waals surface area contributed by atoms with Gasteiger partial charge in [-0.2, -0.15) is 0 Å². The number of nitrogens with one attached hydrogen (secondary N) is 1. The van der Waals surface area contributed by atoms with Crippen molar-refractivity contribution in [2.45, 2.75) is 25.9 Å². The van der Waals surface area contributed by atoms with E-state index in [1.807, 2.05) is 19.1 Å². The molecule has 144 valence electrons. The van der Waals surface area contributed by atoms with Crippen LogP contribution in [0.2, 0.25) is 5.02 Å². The Morgan fingerprint density at radius 2 is 1.85 bits per heavy atom. The molecule has 0 unspecified atom stereocenters. The number of hydrogen-bond donors (Lipinski definition) is 1. The maximum Gasteiger partial charge on any atom is 0.241 e. The predicted molar refractivity (Wildman–Crippen MR) is 103 cm³/mol. The number of rotatable bonds is 5. The van der Waals surface area contributed by atoms with Crippen LogP contribution in [-0.4, -0.2) is 37.6 Å². The Balaban J connectivity index is 1.73. The Bertz CT molecular complexity index is 859. The number of methoxy groups -OCH3 is 2. The number of amides is 1. The molecule has 0 aliphatic carbocycles. The second kappa shape index (κ2) is 8.15. The van der Waals surface area contributed by atoms with E-state index in [2.05, 4.69) is 10.2 Å². The summed E-state index contributed by atoms with van der Waals surface area (Å²) in [4.78, 5) is 14.7. The average molecular weight is 393 g/mol. The molecule has 1 aliphatic rings. The van der Waals surface area contributed by atoms with Crippen LogP contribution in [0, 0.1) is 5.82 Å². The lowest BCUT2D eigenvalue weighted by Gasteiger charge is -2.33. The molecular formula is C20H22ClFN2O3. The van der Waals surface area contributed by atoms with Gasteiger partial charge in [-0.15, -0.1) is 0 Å². The number of carbonyl (C=O) groups is 1. The standard InChI is InChI=1S/C20H22ClFN2O3/c1-12(20(25)23-17-5-4-15(22)10-16(17)21)24-7-6-13-8-18(26-2)19(27-3)9-14(13)11-24/h4-5,8-10,12H,6-7,11H2,1-3H3,(H,23,25)/t12-/m0/s1. The van der Waals surface area contributed by atoms with Crippen LogP contribution in [0.5, 0.6) is 11.5 Å². The number of anilines is 1. The van der Waals surface area contributed by atoms with Gasteiger partial charge in [0.05, 0.1) is 31.0 Å². The third-order valence-corrected chi connectivity index (χ3v) is 5.18. The smallest absolute Gasteiger partial charge is 0.241 e. The van der Waals surface area contributed by atoms with Gasteiger partial charge < -0.3 is 14.8 Å². The zero-order chi connectivity index (χ0) is 19.6. The van der Waals surface area contributed by atoms with E-state index in [-0.39, 0.29) is 17.0 Å². The molecule has 1 aliphatic heterocycles. The third-order valence-electron chi connectivity index (χ3n) is 4.86. The first-order valence-corrected chi connectivity index (χ1v) is 9.04. The molecule has 0 saturated carbocycles. The highest BCUT2D eigenvalue weighted by molar-refractivity contribution is 6.33. The lowest BCUT2D eigenvalue weighted by atomic mass is 9.97. The van der Waals surface area contributed by atoms with E-state index in [0.717, 1.165) is 18.5 Å². The second-order valence-electron chi connectivity index (χ2n) is 6.49. The summed E-state index contributed by atoms with van der Waals surface area (Å²) in [7, 11) is 3.22. The van der Waals surface area contributed by atoms with Crippen molar-refractivity contribution in [3.63, 3.8) is 0 Å². The first-order chi connectivity index (χ1) is 12.9. The van der Waals surface area contributed by atoms with Gasteiger partial charge in [-0.3, -0.25) is 9.69 Å². The lowest BCUT2D eigenvalue weighted by molar-refractivity contribution is -0.121. The van der Waals surface area contributed by atoms with Crippen LogP contribution >= 0.6 is 11.6 Å². The predicted octanol–water partition coefficient (Wildman–Crippen LogP) is 3.88. The molecule has 7 heteroatoms. The number of nitrogens with zero attached hydrogens (tertiary/aromatic N) is 1. The molecular weight excluding hydrogens is 371 g/mol. The van der Waals surface area contributed by atoms with Gasteiger partial charge in [0.1, 0.15) is 5.82 Å². The number of benzene rings is 2. The fraction of sp³-hybridized carbons (Fsp3) is 0.350. The van der Waals surface area contributed by atoms with Gasteiger partial charge in [-0.1, -0.05) is 11.6 Å². The largest absolute Gasteiger partial charge is 0.493 e. The van der Waals surface area contributed by atoms with Crippen LogP contribution in [0.25, 0.3) is 0 Å². The molecule has 0 spiro atoms. The van der Waals surface area contributed by atoms with Crippen LogP contribution in [0.4, 0.5) is 10.1 Å². The summed E-state index contributed by atoms with van der Waals surface area (Å²) in [6.45, 7) is 3.22. The Hall–Kier alpha value is -2.31. The SMILES string of the molecule is COc1cc2c(cc1OC)CN([C@@H](C)C(=O)Nc1ccc(F)cc1Cl)CC2. The van der Waals surface area contributed by atoms with Crippen molar-refractivity contribution in [3.8, 4) is 11.5 Å². The van der Waals surface area contributed by atoms with E-state index in [9.17, 15) is 9.18 Å². The Labute approximate surface area is 163 Å². The molecule has 2 aromatic carbocycles. The van der Waals surface area contributed by atoms with Crippen molar-refractivity contribution >= 4 is 23.2 Å². The van der Waals surface area contributed by atoms with Gasteiger partial charge in [-0.05, 0) is 54.8 Å². The number of carbonyl (C=O) groups excluding carboxylic acids is 1. The first kappa shape index (κ1) is 19.5. The molecule has 3 rings (SSSR count). The Kier molecular flexibility index (Phi) is 5.87. The molecule has 0 saturated heterocycles. The van der Waals surface area contributed by atoms with Crippen molar-refractivity contribution in [1.82, 2.24) is 4.90 Å². The van der Waals surface area contributed by atoms with Gasteiger partial charge >= 0.3 is 0 Å². The van der Waals surface area contributed by atoms with E-state index in [4.69, 9.17) is 21.1 Å². The number of fused-ring (bicyclic) bond motifs is 1. The maximum absolute atomic E-state index is 13.2. The summed E-state index contributed by atoms with van der Waals surface area (Å²) in [5.41, 5.74) is 2.70. The van der Waals surface area contributed by atoms with Crippen LogP contribution in [-0.2, 0) is 17.8 Å². The van der Waals surface area contributed by atoms with Crippen molar-refractivity contribution in [1.29, 1.82) is 0 Å². The third kappa shape index (κ3) is 4.17. The molecule has 5 nitrogen and oxygen atoms in total. The van der Waals surface area contributed by atoms with Crippen molar-refractivity contribution in [3.05, 3.63) is 52.3 Å². The number of ether oxygens (including phenoxy) is 2. The van der Waals surface area contributed by atoms with Gasteiger partial charge in [0.25, 0.3) is 0 Å². The minimum Gasteiger partial charge on any atom is -0.493 e. The fourth-order valence-electron chi connectivity index (χ4n) is 3.23. The first-order valence-electron chi connectivity index (χ1n) is 8.66. The summed E-state index contributed by atoms with van der Waals surface area (Å²) >= 11 is 6.00. The van der Waals surface area contributed by atoms with E-state index < -0.39 is 5.82 Å². The summed E-state index contributed by atoms with van der Waals surface area (Å²) < 4.78 is 23.9. The highest BCUT2D eigenvalue weighted by Crippen LogP contribution is 2.33. The molecule has 1 heterocycles. The summed E-state index contributed by atoms with van der Waals surface area (Å²) in [5, 5.41) is 2.95. The summed E-state index contributed by atoms with van der Waals surface area (Å²) in [6.07, 6.45) is 0.810. The number of hydrogen-bond acceptors (Lipinski definition) is 4. The topological polar surface area (TPSA) is 50.8 Å². The van der Waals surface area contributed by atoms with E-state index >= 15 is 0 Å². The lowest BCUT2D eigenvalue weighted by Crippen LogP contribution is -2.44. The quantitative estimate of drug-likeness (QED) is 0.838. The zero-order valence-corrected chi connectivity index (χ0v) is 16.3.